The summed E-state index contributed by atoms with van der Waals surface area (Å²) in [5.74, 6) is -2.61. The van der Waals surface area contributed by atoms with E-state index in [1.165, 1.54) is 0 Å². The number of aromatic nitrogens is 3. The van der Waals surface area contributed by atoms with E-state index in [-0.39, 0.29) is 23.6 Å². The molecule has 0 fully saturated rings. The number of rotatable bonds is 4. The molecule has 10 heteroatoms. The lowest BCUT2D eigenvalue weighted by Gasteiger charge is -2.10. The van der Waals surface area contributed by atoms with Crippen LogP contribution in [0.15, 0.2) is 18.2 Å². The first-order valence-electron chi connectivity index (χ1n) is 5.94. The lowest BCUT2D eigenvalue weighted by Crippen LogP contribution is -2.17. The Morgan fingerprint density at radius 3 is 2.64 bits per heavy atom. The second-order valence-electron chi connectivity index (χ2n) is 3.96. The molecule has 0 aliphatic carbocycles. The van der Waals surface area contributed by atoms with Gasteiger partial charge >= 0.3 is 12.3 Å². The summed E-state index contributed by atoms with van der Waals surface area (Å²) < 4.78 is 58.4. The van der Waals surface area contributed by atoms with Gasteiger partial charge in [-0.2, -0.15) is 10.3 Å². The van der Waals surface area contributed by atoms with E-state index in [4.69, 9.17) is 4.74 Å². The first-order valence-corrected chi connectivity index (χ1v) is 5.94. The third kappa shape index (κ3) is 3.71. The van der Waals surface area contributed by atoms with E-state index in [1.54, 1.807) is 6.92 Å². The zero-order valence-electron chi connectivity index (χ0n) is 11.1. The van der Waals surface area contributed by atoms with Crippen molar-refractivity contribution in [1.82, 2.24) is 15.4 Å². The van der Waals surface area contributed by atoms with E-state index in [0.29, 0.717) is 6.07 Å². The lowest BCUT2D eigenvalue weighted by atomic mass is 10.1. The number of nitrogens with one attached hydrogen (secondary N) is 1. The highest BCUT2D eigenvalue weighted by Crippen LogP contribution is 2.29. The monoisotopic (exact) mass is 319 g/mol. The van der Waals surface area contributed by atoms with E-state index in [1.807, 2.05) is 0 Å². The Hall–Kier alpha value is -2.65. The molecule has 0 aliphatic rings. The van der Waals surface area contributed by atoms with Crippen molar-refractivity contribution < 1.29 is 31.8 Å². The van der Waals surface area contributed by atoms with Crippen LogP contribution in [0, 0.1) is 5.82 Å². The number of aromatic amines is 1. The number of carbonyl (C=O) groups excluding carboxylic acids is 1. The van der Waals surface area contributed by atoms with Gasteiger partial charge in [0, 0.05) is 11.6 Å². The molecule has 22 heavy (non-hydrogen) atoms. The zero-order valence-corrected chi connectivity index (χ0v) is 11.1. The molecule has 0 atom stereocenters. The smallest absolute Gasteiger partial charge is 0.461 e. The summed E-state index contributed by atoms with van der Waals surface area (Å²) in [6.07, 6.45) is -4.97. The van der Waals surface area contributed by atoms with Gasteiger partial charge in [-0.25, -0.2) is 9.18 Å². The predicted octanol–water partition coefficient (Wildman–Crippen LogP) is 2.69. The molecule has 6 nitrogen and oxygen atoms in total. The largest absolute Gasteiger partial charge is 0.573 e. The molecule has 118 valence electrons. The number of ether oxygens (including phenoxy) is 2. The highest BCUT2D eigenvalue weighted by molar-refractivity contribution is 5.93. The van der Waals surface area contributed by atoms with Crippen LogP contribution in [-0.4, -0.2) is 34.3 Å². The predicted molar refractivity (Wildman–Crippen MR) is 64.4 cm³/mol. The van der Waals surface area contributed by atoms with Crippen LogP contribution in [0.3, 0.4) is 0 Å². The highest BCUT2D eigenvalue weighted by atomic mass is 19.4. The fourth-order valence-corrected chi connectivity index (χ4v) is 1.67. The van der Waals surface area contributed by atoms with Crippen molar-refractivity contribution in [2.75, 3.05) is 6.61 Å². The summed E-state index contributed by atoms with van der Waals surface area (Å²) in [6.45, 7) is 1.63. The Kier molecular flexibility index (Phi) is 4.29. The third-order valence-electron chi connectivity index (χ3n) is 2.40. The molecule has 0 aliphatic heterocycles. The zero-order chi connectivity index (χ0) is 16.3. The van der Waals surface area contributed by atoms with Gasteiger partial charge in [0.25, 0.3) is 0 Å². The second kappa shape index (κ2) is 6.00. The van der Waals surface area contributed by atoms with Gasteiger partial charge in [0.05, 0.1) is 6.61 Å². The number of halogens is 4. The Labute approximate surface area is 121 Å². The molecule has 0 radical (unpaired) electrons. The van der Waals surface area contributed by atoms with Crippen molar-refractivity contribution in [3.63, 3.8) is 0 Å². The van der Waals surface area contributed by atoms with E-state index >= 15 is 0 Å². The highest BCUT2D eigenvalue weighted by Gasteiger charge is 2.31. The van der Waals surface area contributed by atoms with E-state index in [2.05, 4.69) is 20.1 Å². The summed E-state index contributed by atoms with van der Waals surface area (Å²) in [6, 6.07) is 2.34. The van der Waals surface area contributed by atoms with Crippen molar-refractivity contribution in [3.8, 4) is 17.0 Å². The molecular formula is C12H9F4N3O3. The standard InChI is InChI=1S/C12H9F4N3O3/c1-2-21-11(20)10-9(17-19-18-10)6-3-7(13)5-8(4-6)22-12(14,15)16/h3-5H,2H2,1H3,(H,17,18,19). The minimum absolute atomic E-state index is 0.0662. The van der Waals surface area contributed by atoms with Crippen molar-refractivity contribution in [2.24, 2.45) is 0 Å². The van der Waals surface area contributed by atoms with Crippen LogP contribution in [0.25, 0.3) is 11.3 Å². The van der Waals surface area contributed by atoms with Gasteiger partial charge in [0.2, 0.25) is 0 Å². The molecule has 0 amide bonds. The van der Waals surface area contributed by atoms with Gasteiger partial charge in [-0.3, -0.25) is 0 Å². The van der Waals surface area contributed by atoms with Gasteiger partial charge in [0.15, 0.2) is 5.69 Å². The number of nitrogens with zero attached hydrogens (tertiary/aromatic N) is 2. The quantitative estimate of drug-likeness (QED) is 0.692. The molecule has 0 unspecified atom stereocenters. The number of alkyl halides is 3. The number of carbonyl (C=O) groups is 1. The van der Waals surface area contributed by atoms with Gasteiger partial charge < -0.3 is 9.47 Å². The Balaban J connectivity index is 2.41. The molecule has 0 saturated heterocycles. The maximum atomic E-state index is 13.5. The van der Waals surface area contributed by atoms with Crippen LogP contribution in [0.4, 0.5) is 17.6 Å². The minimum Gasteiger partial charge on any atom is -0.461 e. The minimum atomic E-state index is -4.97. The fourth-order valence-electron chi connectivity index (χ4n) is 1.67. The molecule has 2 rings (SSSR count). The third-order valence-corrected chi connectivity index (χ3v) is 2.40. The fraction of sp³-hybridized carbons (Fsp3) is 0.250. The van der Waals surface area contributed by atoms with Crippen LogP contribution in [0.1, 0.15) is 17.4 Å². The van der Waals surface area contributed by atoms with Crippen LogP contribution >= 0.6 is 0 Å². The summed E-state index contributed by atoms with van der Waals surface area (Å²) in [5.41, 5.74) is -0.536. The first kappa shape index (κ1) is 15.7. The van der Waals surface area contributed by atoms with Gasteiger partial charge in [-0.15, -0.1) is 18.3 Å². The van der Waals surface area contributed by atoms with Crippen LogP contribution < -0.4 is 4.74 Å². The second-order valence-corrected chi connectivity index (χ2v) is 3.96. The normalized spacial score (nSPS) is 11.3. The summed E-state index contributed by atoms with van der Waals surface area (Å²) in [5, 5.41) is 9.31. The number of hydrogen-bond acceptors (Lipinski definition) is 5. The first-order chi connectivity index (χ1) is 10.3. The number of H-pyrrole nitrogens is 1. The average Bonchev–Trinajstić information content (AvgIpc) is 2.85. The Morgan fingerprint density at radius 2 is 2.00 bits per heavy atom. The van der Waals surface area contributed by atoms with Crippen LogP contribution in [0.5, 0.6) is 5.75 Å². The van der Waals surface area contributed by atoms with E-state index in [0.717, 1.165) is 12.1 Å². The number of benzene rings is 1. The van der Waals surface area contributed by atoms with Crippen LogP contribution in [0.2, 0.25) is 0 Å². The van der Waals surface area contributed by atoms with Crippen molar-refractivity contribution in [1.29, 1.82) is 0 Å². The molecular weight excluding hydrogens is 310 g/mol. The maximum Gasteiger partial charge on any atom is 0.573 e. The Bertz CT molecular complexity index is 684. The van der Waals surface area contributed by atoms with E-state index in [9.17, 15) is 22.4 Å². The molecule has 0 bridgehead atoms. The summed E-state index contributed by atoms with van der Waals surface area (Å²) in [4.78, 5) is 11.6. The van der Waals surface area contributed by atoms with Gasteiger partial charge in [-0.1, -0.05) is 0 Å². The topological polar surface area (TPSA) is 77.1 Å². The molecule has 1 aromatic carbocycles. The molecule has 1 N–H and O–H groups in total. The van der Waals surface area contributed by atoms with Crippen molar-refractivity contribution >= 4 is 5.97 Å². The SMILES string of the molecule is CCOC(=O)c1n[nH]nc1-c1cc(F)cc(OC(F)(F)F)c1. The average molecular weight is 319 g/mol. The molecule has 0 saturated carbocycles. The number of esters is 1. The molecule has 1 heterocycles. The molecule has 2 aromatic rings. The van der Waals surface area contributed by atoms with E-state index < -0.39 is 23.9 Å². The summed E-state index contributed by atoms with van der Waals surface area (Å²) >= 11 is 0. The van der Waals surface area contributed by atoms with Gasteiger partial charge in [0.1, 0.15) is 17.3 Å². The lowest BCUT2D eigenvalue weighted by molar-refractivity contribution is -0.274. The van der Waals surface area contributed by atoms with Crippen molar-refractivity contribution in [2.45, 2.75) is 13.3 Å². The molecule has 0 spiro atoms. The number of hydrogen-bond donors (Lipinski definition) is 1. The van der Waals surface area contributed by atoms with Crippen molar-refractivity contribution in [3.05, 3.63) is 29.7 Å². The van der Waals surface area contributed by atoms with Crippen LogP contribution in [-0.2, 0) is 4.74 Å². The molecule has 1 aromatic heterocycles. The summed E-state index contributed by atoms with van der Waals surface area (Å²) in [7, 11) is 0. The van der Waals surface area contributed by atoms with Gasteiger partial charge in [-0.05, 0) is 19.1 Å². The maximum absolute atomic E-state index is 13.5. The Morgan fingerprint density at radius 1 is 1.27 bits per heavy atom.